The summed E-state index contributed by atoms with van der Waals surface area (Å²) in [6.07, 6.45) is -4.83. The van der Waals surface area contributed by atoms with E-state index in [1.807, 2.05) is 0 Å². The molecule has 2 amide bonds. The molecule has 0 spiro atoms. The lowest BCUT2D eigenvalue weighted by atomic mass is 10.1. The van der Waals surface area contributed by atoms with Crippen molar-refractivity contribution in [1.82, 2.24) is 30.2 Å². The summed E-state index contributed by atoms with van der Waals surface area (Å²) < 4.78 is 28.7. The summed E-state index contributed by atoms with van der Waals surface area (Å²) in [4.78, 5) is 56.4. The third kappa shape index (κ3) is 4.68. The number of nitrogens with one attached hydrogen (secondary N) is 3. The number of rotatable bonds is 6. The molecule has 16 nitrogen and oxygen atoms in total. The molecule has 2 aromatic rings. The highest BCUT2D eigenvalue weighted by molar-refractivity contribution is 7.99. The second kappa shape index (κ2) is 9.26. The van der Waals surface area contributed by atoms with E-state index in [-0.39, 0.29) is 34.6 Å². The Labute approximate surface area is 195 Å². The quantitative estimate of drug-likeness (QED) is 0.176. The highest BCUT2D eigenvalue weighted by Crippen LogP contribution is 2.52. The summed E-state index contributed by atoms with van der Waals surface area (Å²) in [5, 5.41) is 15.9. The molecule has 2 aromatic heterocycles. The Morgan fingerprint density at radius 3 is 2.85 bits per heavy atom. The van der Waals surface area contributed by atoms with Crippen molar-refractivity contribution in [2.75, 3.05) is 25.1 Å². The van der Waals surface area contributed by atoms with Crippen LogP contribution in [0, 0.1) is 0 Å². The molecule has 2 aliphatic heterocycles. The van der Waals surface area contributed by atoms with Crippen molar-refractivity contribution in [2.45, 2.75) is 42.7 Å². The van der Waals surface area contributed by atoms with Crippen molar-refractivity contribution in [1.29, 1.82) is 0 Å². The molecule has 186 valence electrons. The average Bonchev–Trinajstić information content (AvgIpc) is 3.27. The van der Waals surface area contributed by atoms with Gasteiger partial charge in [0.1, 0.15) is 24.4 Å². The number of nitrogens with zero attached hydrogens (tertiary/aromatic N) is 3. The van der Waals surface area contributed by atoms with E-state index < -0.39 is 55.8 Å². The summed E-state index contributed by atoms with van der Waals surface area (Å²) in [5.41, 5.74) is 4.88. The van der Waals surface area contributed by atoms with Gasteiger partial charge in [0, 0.05) is 19.7 Å². The van der Waals surface area contributed by atoms with Gasteiger partial charge in [-0.2, -0.15) is 4.98 Å². The van der Waals surface area contributed by atoms with E-state index in [1.165, 1.54) is 18.5 Å². The minimum absolute atomic E-state index is 0.00289. The third-order valence-corrected chi connectivity index (χ3v) is 7.11. The van der Waals surface area contributed by atoms with Crippen LogP contribution in [-0.2, 0) is 27.9 Å². The van der Waals surface area contributed by atoms with Gasteiger partial charge in [0.25, 0.3) is 5.56 Å². The Morgan fingerprint density at radius 2 is 2.18 bits per heavy atom. The lowest BCUT2D eigenvalue weighted by molar-refractivity contribution is -0.127. The molecule has 0 bridgehead atoms. The smallest absolute Gasteiger partial charge is 0.386 e. The van der Waals surface area contributed by atoms with Crippen LogP contribution in [0.1, 0.15) is 13.2 Å². The van der Waals surface area contributed by atoms with Crippen molar-refractivity contribution in [2.24, 2.45) is 0 Å². The summed E-state index contributed by atoms with van der Waals surface area (Å²) in [6, 6.07) is -0.939. The fourth-order valence-electron chi connectivity index (χ4n) is 3.62. The van der Waals surface area contributed by atoms with Gasteiger partial charge in [-0.3, -0.25) is 33.0 Å². The zero-order chi connectivity index (χ0) is 24.8. The van der Waals surface area contributed by atoms with Gasteiger partial charge in [-0.1, -0.05) is 11.8 Å². The number of anilines is 1. The van der Waals surface area contributed by atoms with Gasteiger partial charge in [-0.25, -0.2) is 9.55 Å². The molecule has 2 saturated heterocycles. The minimum Gasteiger partial charge on any atom is -0.386 e. The molecule has 6 atom stereocenters. The number of aromatic nitrogens is 4. The molecule has 4 rings (SSSR count). The molecule has 7 N–H and O–H groups in total. The largest absolute Gasteiger partial charge is 0.472 e. The fraction of sp³-hybridized carbons (Fsp3) is 0.562. The average molecular weight is 519 g/mol. The number of aromatic amines is 1. The Morgan fingerprint density at radius 1 is 1.44 bits per heavy atom. The number of phosphoric ester groups is 1. The van der Waals surface area contributed by atoms with Gasteiger partial charge in [0.15, 0.2) is 22.5 Å². The second-order valence-corrected chi connectivity index (χ2v) is 9.85. The molecular weight excluding hydrogens is 497 g/mol. The number of imidazole rings is 1. The van der Waals surface area contributed by atoms with Crippen LogP contribution in [-0.4, -0.2) is 85.1 Å². The molecule has 2 fully saturated rings. The van der Waals surface area contributed by atoms with Gasteiger partial charge in [0.2, 0.25) is 17.8 Å². The van der Waals surface area contributed by atoms with Gasteiger partial charge in [-0.05, 0) is 0 Å². The Hall–Kier alpha value is -2.53. The predicted molar refractivity (Wildman–Crippen MR) is 116 cm³/mol. The number of thioether (sulfide) groups is 1. The van der Waals surface area contributed by atoms with Gasteiger partial charge < -0.3 is 31.1 Å². The van der Waals surface area contributed by atoms with E-state index in [2.05, 4.69) is 25.6 Å². The van der Waals surface area contributed by atoms with Crippen LogP contribution < -0.4 is 21.9 Å². The maximum atomic E-state index is 12.4. The van der Waals surface area contributed by atoms with E-state index >= 15 is 0 Å². The lowest BCUT2D eigenvalue weighted by Gasteiger charge is -2.27. The van der Waals surface area contributed by atoms with Crippen LogP contribution in [0.5, 0.6) is 0 Å². The first-order valence-electron chi connectivity index (χ1n) is 9.89. The summed E-state index contributed by atoms with van der Waals surface area (Å²) >= 11 is 0.978. The van der Waals surface area contributed by atoms with E-state index in [0.717, 1.165) is 11.8 Å². The Bertz CT molecular complexity index is 1240. The molecule has 5 unspecified atom stereocenters. The molecule has 0 aromatic carbocycles. The second-order valence-electron chi connectivity index (χ2n) is 7.46. The van der Waals surface area contributed by atoms with Crippen LogP contribution in [0.4, 0.5) is 5.95 Å². The summed E-state index contributed by atoms with van der Waals surface area (Å²) in [7, 11) is -2.96. The molecule has 0 aliphatic carbocycles. The lowest BCUT2D eigenvalue weighted by Crippen LogP contribution is -2.46. The van der Waals surface area contributed by atoms with Crippen LogP contribution in [0.15, 0.2) is 9.95 Å². The Kier molecular flexibility index (Phi) is 6.69. The molecule has 0 radical (unpaired) electrons. The van der Waals surface area contributed by atoms with Gasteiger partial charge in [-0.15, -0.1) is 0 Å². The maximum Gasteiger partial charge on any atom is 0.472 e. The number of nitrogens with two attached hydrogens (primary N) is 1. The van der Waals surface area contributed by atoms with E-state index in [9.17, 15) is 28.9 Å². The van der Waals surface area contributed by atoms with Crippen LogP contribution in [0.25, 0.3) is 11.2 Å². The number of amides is 2. The number of carbonyl (C=O) groups excluding carboxylic acids is 2. The van der Waals surface area contributed by atoms with Crippen LogP contribution >= 0.6 is 19.6 Å². The number of hydrogen-bond donors (Lipinski definition) is 6. The number of fused-ring (bicyclic) bond motifs is 2. The number of phosphoric acid groups is 1. The van der Waals surface area contributed by atoms with E-state index in [0.29, 0.717) is 0 Å². The molecule has 4 heterocycles. The number of aliphatic hydroxyl groups excluding tert-OH is 1. The zero-order valence-electron chi connectivity index (χ0n) is 17.8. The standard InChI is InChI=1S/C16H22N7O9PS/c1-5(24)19-6(12(26)18-2)4-34-16-20-8-11(21-15(17)22-13(8)27)23(16)14-9(25)10-7(31-14)3-30-33(28,29)32-10/h6-7,9-10,14,25H,3-4H2,1-2H3,(H,18,26)(H,19,24)(H,28,29)(H3,17,21,22,27)/t6-,7?,9?,10?,14?/m0/s1. The first-order chi connectivity index (χ1) is 16.0. The number of nitrogen functional groups attached to an aromatic ring is 1. The van der Waals surface area contributed by atoms with Crippen LogP contribution in [0.2, 0.25) is 0 Å². The summed E-state index contributed by atoms with van der Waals surface area (Å²) in [5.74, 6) is -1.12. The van der Waals surface area contributed by atoms with Crippen molar-refractivity contribution in [3.05, 3.63) is 10.4 Å². The molecule has 2 aliphatic rings. The summed E-state index contributed by atoms with van der Waals surface area (Å²) in [6.45, 7) is 0.938. The Balaban J connectivity index is 1.73. The van der Waals surface area contributed by atoms with Crippen molar-refractivity contribution in [3.63, 3.8) is 0 Å². The maximum absolute atomic E-state index is 12.4. The van der Waals surface area contributed by atoms with Crippen molar-refractivity contribution >= 4 is 48.5 Å². The van der Waals surface area contributed by atoms with Crippen molar-refractivity contribution in [3.8, 4) is 0 Å². The molecule has 34 heavy (non-hydrogen) atoms. The molecule has 0 saturated carbocycles. The number of hydrogen-bond acceptors (Lipinski definition) is 12. The third-order valence-electron chi connectivity index (χ3n) is 5.08. The normalized spacial score (nSPS) is 29.5. The monoisotopic (exact) mass is 519 g/mol. The highest BCUT2D eigenvalue weighted by atomic mass is 32.2. The zero-order valence-corrected chi connectivity index (χ0v) is 19.5. The van der Waals surface area contributed by atoms with Crippen LogP contribution in [0.3, 0.4) is 0 Å². The number of likely N-dealkylation sites (N-methyl/N-ethyl adjacent to an activating group) is 1. The highest BCUT2D eigenvalue weighted by Gasteiger charge is 2.53. The van der Waals surface area contributed by atoms with Gasteiger partial charge in [0.05, 0.1) is 6.61 Å². The number of H-pyrrole nitrogens is 1. The topological polar surface area (TPSA) is 233 Å². The number of carbonyl (C=O) groups is 2. The van der Waals surface area contributed by atoms with E-state index in [4.69, 9.17) is 19.5 Å². The minimum atomic E-state index is -4.37. The van der Waals surface area contributed by atoms with E-state index in [1.54, 1.807) is 0 Å². The fourth-order valence-corrected chi connectivity index (χ4v) is 5.62. The first-order valence-corrected chi connectivity index (χ1v) is 12.4. The molecule has 18 heteroatoms. The number of aliphatic hydroxyl groups is 1. The molecular formula is C16H22N7O9PS. The van der Waals surface area contributed by atoms with Gasteiger partial charge >= 0.3 is 7.82 Å². The predicted octanol–water partition coefficient (Wildman–Crippen LogP) is -2.18. The first kappa shape index (κ1) is 24.6. The number of ether oxygens (including phenoxy) is 1. The SMILES string of the molecule is CNC(=O)[C@H](CSc1nc2c(=O)[nH]c(N)nc2n1C1OC2COP(=O)(O)OC2C1O)NC(C)=O. The van der Waals surface area contributed by atoms with Crippen molar-refractivity contribution < 1.29 is 37.9 Å².